The molecule has 0 radical (unpaired) electrons. The maximum atomic E-state index is 12.8. The summed E-state index contributed by atoms with van der Waals surface area (Å²) in [6.45, 7) is 2.89. The molecule has 206 valence electrons. The van der Waals surface area contributed by atoms with Crippen LogP contribution in [-0.4, -0.2) is 49.0 Å². The number of ether oxygens (including phenoxy) is 2. The molecule has 39 heavy (non-hydrogen) atoms. The second kappa shape index (κ2) is 13.6. The molecule has 1 aliphatic rings. The van der Waals surface area contributed by atoms with Crippen LogP contribution in [0, 0.1) is 0 Å². The lowest BCUT2D eigenvalue weighted by molar-refractivity contribution is -0.137. The second-order valence-corrected chi connectivity index (χ2v) is 9.74. The van der Waals surface area contributed by atoms with Crippen molar-refractivity contribution >= 4 is 22.9 Å². The average Bonchev–Trinajstić information content (AvgIpc) is 2.96. The number of nitrogens with zero attached hydrogens (tertiary/aromatic N) is 2. The van der Waals surface area contributed by atoms with Crippen molar-refractivity contribution in [2.24, 2.45) is 5.16 Å². The number of oxime groups is 1. The summed E-state index contributed by atoms with van der Waals surface area (Å²) in [5.74, 6) is 0.726. The van der Waals surface area contributed by atoms with E-state index in [1.807, 2.05) is 48.5 Å². The Balaban J connectivity index is 1.31. The molecule has 0 spiro atoms. The first-order valence-electron chi connectivity index (χ1n) is 12.8. The molecule has 0 aliphatic carbocycles. The number of rotatable bonds is 10. The Morgan fingerprint density at radius 2 is 1.46 bits per heavy atom. The summed E-state index contributed by atoms with van der Waals surface area (Å²) in [4.78, 5) is 8.65. The van der Waals surface area contributed by atoms with Crippen molar-refractivity contribution in [2.45, 2.75) is 32.0 Å². The van der Waals surface area contributed by atoms with Gasteiger partial charge in [0.25, 0.3) is 0 Å². The number of hydrogen-bond donors (Lipinski definition) is 0. The molecule has 1 fully saturated rings. The van der Waals surface area contributed by atoms with Crippen molar-refractivity contribution in [1.29, 1.82) is 0 Å². The van der Waals surface area contributed by atoms with Crippen LogP contribution in [0.1, 0.15) is 36.0 Å². The van der Waals surface area contributed by atoms with E-state index < -0.39 is 11.7 Å². The third-order valence-corrected chi connectivity index (χ3v) is 6.82. The molecule has 0 unspecified atom stereocenters. The molecule has 1 aliphatic heterocycles. The first kappa shape index (κ1) is 28.6. The minimum atomic E-state index is -4.35. The van der Waals surface area contributed by atoms with Gasteiger partial charge in [-0.25, -0.2) is 0 Å². The van der Waals surface area contributed by atoms with Crippen LogP contribution in [-0.2, 0) is 22.4 Å². The fourth-order valence-electron chi connectivity index (χ4n) is 4.25. The van der Waals surface area contributed by atoms with Gasteiger partial charge in [0.2, 0.25) is 0 Å². The van der Waals surface area contributed by atoms with Crippen LogP contribution >= 0.6 is 12.2 Å². The maximum Gasteiger partial charge on any atom is 0.416 e. The van der Waals surface area contributed by atoms with E-state index in [0.717, 1.165) is 52.7 Å². The van der Waals surface area contributed by atoms with Gasteiger partial charge < -0.3 is 19.2 Å². The molecule has 0 bridgehead atoms. The number of alkyl halides is 3. The molecule has 9 heteroatoms. The summed E-state index contributed by atoms with van der Waals surface area (Å²) in [7, 11) is 1.59. The van der Waals surface area contributed by atoms with Gasteiger partial charge in [0.1, 0.15) is 29.7 Å². The van der Waals surface area contributed by atoms with E-state index in [-0.39, 0.29) is 13.2 Å². The van der Waals surface area contributed by atoms with Crippen LogP contribution in [0.5, 0.6) is 5.75 Å². The molecule has 1 heterocycles. The highest BCUT2D eigenvalue weighted by Crippen LogP contribution is 2.31. The van der Waals surface area contributed by atoms with Crippen molar-refractivity contribution in [2.75, 3.05) is 33.4 Å². The van der Waals surface area contributed by atoms with E-state index in [2.05, 4.69) is 10.1 Å². The van der Waals surface area contributed by atoms with E-state index in [0.29, 0.717) is 17.9 Å². The number of likely N-dealkylation sites (tertiary alicyclic amines) is 1. The zero-order chi connectivity index (χ0) is 27.7. The number of benzene rings is 3. The fraction of sp³-hybridized carbons (Fsp3) is 0.333. The van der Waals surface area contributed by atoms with E-state index in [1.165, 1.54) is 31.4 Å². The average molecular weight is 557 g/mol. The minimum Gasteiger partial charge on any atom is -0.486 e. The first-order valence-corrected chi connectivity index (χ1v) is 13.2. The summed E-state index contributed by atoms with van der Waals surface area (Å²) in [5.41, 5.74) is 3.21. The molecule has 5 nitrogen and oxygen atoms in total. The molecule has 0 saturated carbocycles. The van der Waals surface area contributed by atoms with Gasteiger partial charge in [0.05, 0.1) is 12.2 Å². The van der Waals surface area contributed by atoms with Crippen molar-refractivity contribution < 1.29 is 27.5 Å². The molecule has 1 saturated heterocycles. The molecule has 3 aromatic carbocycles. The molecular weight excluding hydrogens is 525 g/mol. The third kappa shape index (κ3) is 8.28. The normalized spacial score (nSPS) is 14.3. The third-order valence-electron chi connectivity index (χ3n) is 6.45. The second-order valence-electron chi connectivity index (χ2n) is 9.27. The van der Waals surface area contributed by atoms with Gasteiger partial charge in [-0.2, -0.15) is 13.2 Å². The Morgan fingerprint density at radius 3 is 2.05 bits per heavy atom. The van der Waals surface area contributed by atoms with Gasteiger partial charge >= 0.3 is 6.18 Å². The maximum absolute atomic E-state index is 12.8. The van der Waals surface area contributed by atoms with Crippen molar-refractivity contribution in [1.82, 2.24) is 4.90 Å². The van der Waals surface area contributed by atoms with E-state index >= 15 is 0 Å². The number of thiocarbonyl (C=S) groups is 1. The summed E-state index contributed by atoms with van der Waals surface area (Å²) in [6, 6.07) is 20.1. The fourth-order valence-corrected chi connectivity index (χ4v) is 4.49. The largest absolute Gasteiger partial charge is 0.486 e. The zero-order valence-corrected chi connectivity index (χ0v) is 22.6. The monoisotopic (exact) mass is 556 g/mol. The van der Waals surface area contributed by atoms with Crippen LogP contribution < -0.4 is 4.74 Å². The quantitative estimate of drug-likeness (QED) is 0.151. The number of halogens is 3. The smallest absolute Gasteiger partial charge is 0.416 e. The van der Waals surface area contributed by atoms with E-state index in [1.54, 1.807) is 7.11 Å². The van der Waals surface area contributed by atoms with E-state index in [4.69, 9.17) is 26.5 Å². The SMILES string of the molecule is COCC(=NOCc1ccc(-c2ccc(C(F)(F)F)cc2)cc1)c1ccc(OCC(=S)N2CCCCC2)cc1. The highest BCUT2D eigenvalue weighted by molar-refractivity contribution is 7.80. The highest BCUT2D eigenvalue weighted by atomic mass is 32.1. The number of piperidine rings is 1. The molecule has 4 rings (SSSR count). The summed E-state index contributed by atoms with van der Waals surface area (Å²) < 4.78 is 49.6. The van der Waals surface area contributed by atoms with Crippen LogP contribution in [0.3, 0.4) is 0 Å². The van der Waals surface area contributed by atoms with E-state index in [9.17, 15) is 13.2 Å². The Labute approximate surface area is 232 Å². The lowest BCUT2D eigenvalue weighted by atomic mass is 10.0. The predicted octanol–water partition coefficient (Wildman–Crippen LogP) is 7.13. The molecule has 0 atom stereocenters. The molecule has 0 aromatic heterocycles. The zero-order valence-electron chi connectivity index (χ0n) is 21.7. The van der Waals surface area contributed by atoms with Crippen molar-refractivity contribution in [3.05, 3.63) is 89.5 Å². The van der Waals surface area contributed by atoms with Crippen molar-refractivity contribution in [3.8, 4) is 16.9 Å². The summed E-state index contributed by atoms with van der Waals surface area (Å²) in [6.07, 6.45) is -0.744. The van der Waals surface area contributed by atoms with Gasteiger partial charge in [0, 0.05) is 25.8 Å². The first-order chi connectivity index (χ1) is 18.8. The van der Waals surface area contributed by atoms with Crippen LogP contribution in [0.2, 0.25) is 0 Å². The minimum absolute atomic E-state index is 0.232. The Kier molecular flexibility index (Phi) is 9.95. The predicted molar refractivity (Wildman–Crippen MR) is 150 cm³/mol. The topological polar surface area (TPSA) is 43.3 Å². The lowest BCUT2D eigenvalue weighted by Crippen LogP contribution is -2.37. The Bertz CT molecular complexity index is 1240. The van der Waals surface area contributed by atoms with Crippen LogP contribution in [0.4, 0.5) is 13.2 Å². The van der Waals surface area contributed by atoms with Gasteiger partial charge in [-0.1, -0.05) is 53.8 Å². The van der Waals surface area contributed by atoms with Crippen LogP contribution in [0.15, 0.2) is 78.0 Å². The van der Waals surface area contributed by atoms with Crippen LogP contribution in [0.25, 0.3) is 11.1 Å². The van der Waals surface area contributed by atoms with Gasteiger partial charge in [0.15, 0.2) is 0 Å². The molecule has 0 amide bonds. The lowest BCUT2D eigenvalue weighted by Gasteiger charge is -2.28. The summed E-state index contributed by atoms with van der Waals surface area (Å²) >= 11 is 5.52. The number of hydrogen-bond acceptors (Lipinski definition) is 5. The summed E-state index contributed by atoms with van der Waals surface area (Å²) in [5, 5.41) is 4.27. The molecule has 3 aromatic rings. The Hall–Kier alpha value is -3.43. The Morgan fingerprint density at radius 1 is 0.846 bits per heavy atom. The van der Waals surface area contributed by atoms with Gasteiger partial charge in [-0.3, -0.25) is 0 Å². The van der Waals surface area contributed by atoms with Gasteiger partial charge in [-0.15, -0.1) is 0 Å². The molecule has 0 N–H and O–H groups in total. The number of methoxy groups -OCH3 is 1. The standard InChI is InChI=1S/C30H31F3N2O3S/c1-36-20-28(25-11-15-27(16-12-25)37-21-29(39)35-17-3-2-4-18-35)34-38-19-22-5-7-23(8-6-22)24-9-13-26(14-10-24)30(31,32)33/h5-16H,2-4,17-21H2,1H3. The molecular formula is C30H31F3N2O3S. The van der Waals surface area contributed by atoms with Crippen molar-refractivity contribution in [3.63, 3.8) is 0 Å². The van der Waals surface area contributed by atoms with Gasteiger partial charge in [-0.05, 0) is 72.4 Å². The highest BCUT2D eigenvalue weighted by Gasteiger charge is 2.29.